The van der Waals surface area contributed by atoms with E-state index in [2.05, 4.69) is 59.7 Å². The van der Waals surface area contributed by atoms with E-state index in [1.165, 1.54) is 303 Å². The maximum Gasteiger partial charge on any atom is 1.00 e. The van der Waals surface area contributed by atoms with Crippen LogP contribution in [0.25, 0.3) is 0 Å². The SMILES string of the molecule is CCCCCCCCCc1cccc(O)c1CCCCCCCCC.CCCCCCCCCc1cccc(O)c1CCCCCCCCC.CCCCCCCCCc1cccc(O)c1CCCCCCCCC.O=P([O-])([O-])[O-].[K+].[K+].[K+]. The third-order valence-electron chi connectivity index (χ3n) is 16.0. The molecule has 0 amide bonds. The van der Waals surface area contributed by atoms with E-state index in [9.17, 15) is 15.3 Å². The van der Waals surface area contributed by atoms with Crippen molar-refractivity contribution < 1.29 is 189 Å². The molecule has 0 aromatic heterocycles. The summed E-state index contributed by atoms with van der Waals surface area (Å²) >= 11 is 0. The fraction of sp³-hybridized carbons (Fsp3) is 0.750. The molecule has 0 unspecified atom stereocenters. The van der Waals surface area contributed by atoms with Crippen molar-refractivity contribution in [2.24, 2.45) is 0 Å². The fourth-order valence-corrected chi connectivity index (χ4v) is 11.0. The van der Waals surface area contributed by atoms with Crippen molar-refractivity contribution >= 4 is 7.82 Å². The second-order valence-corrected chi connectivity index (χ2v) is 24.3. The van der Waals surface area contributed by atoms with E-state index in [1.807, 2.05) is 36.4 Å². The number of phenols is 3. The Hall–Kier alpha value is 2.08. The average molecular weight is 1250 g/mol. The van der Waals surface area contributed by atoms with Crippen LogP contribution >= 0.6 is 7.82 Å². The third kappa shape index (κ3) is 58.9. The summed E-state index contributed by atoms with van der Waals surface area (Å²) in [6, 6.07) is 18.3. The van der Waals surface area contributed by atoms with Crippen molar-refractivity contribution in [1.29, 1.82) is 0 Å². The van der Waals surface area contributed by atoms with Crippen molar-refractivity contribution in [3.05, 3.63) is 88.0 Å². The maximum atomic E-state index is 10.3. The summed E-state index contributed by atoms with van der Waals surface area (Å²) in [7, 11) is -5.39. The Kier molecular flexibility index (Phi) is 75.4. The molecular weight excluding hydrogens is 1130 g/mol. The molecular formula is C72H126K3O7P. The first-order valence-corrected chi connectivity index (χ1v) is 35.5. The first kappa shape index (κ1) is 91.5. The van der Waals surface area contributed by atoms with Gasteiger partial charge in [0.1, 0.15) is 17.2 Å². The Morgan fingerprint density at radius 1 is 0.265 bits per heavy atom. The standard InChI is InChI=1S/3C24H42O.3K.H3O4P/c3*1-3-5-7-9-11-13-15-18-22-19-17-21-24(25)23(22)20-16-14-12-10-8-6-4-2;;;;1-5(2,3)4/h3*17,19,21,25H,3-16,18,20H2,1-2H3;;;;(H3,1,2,3,4)/q;;;3*+1;/p-3. The molecule has 0 bridgehead atoms. The molecule has 0 saturated carbocycles. The van der Waals surface area contributed by atoms with Crippen LogP contribution in [0.4, 0.5) is 0 Å². The molecule has 3 aromatic rings. The van der Waals surface area contributed by atoms with Gasteiger partial charge in [-0.05, 0) is 129 Å². The van der Waals surface area contributed by atoms with E-state index >= 15 is 0 Å². The molecule has 464 valence electrons. The quantitative estimate of drug-likeness (QED) is 0.0290. The number of aromatic hydroxyl groups is 3. The molecule has 0 aliphatic rings. The van der Waals surface area contributed by atoms with Gasteiger partial charge in [-0.15, -0.1) is 0 Å². The molecule has 0 saturated heterocycles. The minimum Gasteiger partial charge on any atom is -0.822 e. The van der Waals surface area contributed by atoms with Gasteiger partial charge in [0.25, 0.3) is 0 Å². The molecule has 0 heterocycles. The van der Waals surface area contributed by atoms with E-state index in [4.69, 9.17) is 19.2 Å². The Morgan fingerprint density at radius 2 is 0.410 bits per heavy atom. The van der Waals surface area contributed by atoms with Crippen molar-refractivity contribution in [2.75, 3.05) is 0 Å². The van der Waals surface area contributed by atoms with Gasteiger partial charge in [-0.2, -0.15) is 7.82 Å². The topological polar surface area (TPSA) is 147 Å². The van der Waals surface area contributed by atoms with Crippen LogP contribution in [0, 0.1) is 0 Å². The molecule has 3 rings (SSSR count). The Morgan fingerprint density at radius 3 is 0.578 bits per heavy atom. The third-order valence-corrected chi connectivity index (χ3v) is 16.0. The Bertz CT molecular complexity index is 1660. The van der Waals surface area contributed by atoms with E-state index in [-0.39, 0.29) is 154 Å². The van der Waals surface area contributed by atoms with Crippen LogP contribution < -0.4 is 169 Å². The van der Waals surface area contributed by atoms with Gasteiger partial charge < -0.3 is 34.6 Å². The summed E-state index contributed by atoms with van der Waals surface area (Å²) in [4.78, 5) is 25.6. The van der Waals surface area contributed by atoms with E-state index in [0.29, 0.717) is 17.2 Å². The second kappa shape index (κ2) is 68.4. The maximum absolute atomic E-state index is 10.3. The van der Waals surface area contributed by atoms with Crippen molar-refractivity contribution in [3.63, 3.8) is 0 Å². The van der Waals surface area contributed by atoms with Crippen LogP contribution in [0.2, 0.25) is 0 Å². The molecule has 0 radical (unpaired) electrons. The summed E-state index contributed by atoms with van der Waals surface area (Å²) < 4.78 is 8.55. The number of phenolic OH excluding ortho intramolecular Hbond substituents is 3. The predicted octanol–water partition coefficient (Wildman–Crippen LogP) is 12.1. The van der Waals surface area contributed by atoms with Crippen molar-refractivity contribution in [3.8, 4) is 17.2 Å². The number of rotatable bonds is 48. The van der Waals surface area contributed by atoms with Crippen molar-refractivity contribution in [1.82, 2.24) is 0 Å². The van der Waals surface area contributed by atoms with Crippen LogP contribution in [-0.2, 0) is 43.1 Å². The molecule has 0 aliphatic carbocycles. The van der Waals surface area contributed by atoms with E-state index in [0.717, 1.165) is 38.5 Å². The summed E-state index contributed by atoms with van der Waals surface area (Å²) in [6.07, 6.45) is 62.9. The molecule has 3 N–H and O–H groups in total. The molecule has 0 spiro atoms. The molecule has 0 atom stereocenters. The van der Waals surface area contributed by atoms with Gasteiger partial charge in [-0.3, -0.25) is 0 Å². The van der Waals surface area contributed by atoms with Gasteiger partial charge in [0.2, 0.25) is 0 Å². The summed E-state index contributed by atoms with van der Waals surface area (Å²) in [6.45, 7) is 13.6. The summed E-state index contributed by atoms with van der Waals surface area (Å²) in [5.41, 5.74) is 7.84. The monoisotopic (exact) mass is 1250 g/mol. The molecule has 11 heteroatoms. The van der Waals surface area contributed by atoms with Gasteiger partial charge in [-0.1, -0.05) is 309 Å². The van der Waals surface area contributed by atoms with Crippen LogP contribution in [0.1, 0.15) is 345 Å². The Labute approximate surface area is 641 Å². The molecule has 7 nitrogen and oxygen atoms in total. The minimum absolute atomic E-state index is 0. The molecule has 0 fully saturated rings. The zero-order chi connectivity index (χ0) is 59.0. The van der Waals surface area contributed by atoms with Crippen molar-refractivity contribution in [2.45, 2.75) is 350 Å². The summed E-state index contributed by atoms with van der Waals surface area (Å²) in [5, 5.41) is 30.8. The fourth-order valence-electron chi connectivity index (χ4n) is 11.0. The van der Waals surface area contributed by atoms with Gasteiger partial charge in [-0.25, -0.2) is 0 Å². The molecule has 83 heavy (non-hydrogen) atoms. The van der Waals surface area contributed by atoms with Gasteiger partial charge in [0.05, 0.1) is 0 Å². The van der Waals surface area contributed by atoms with Gasteiger partial charge in [0.15, 0.2) is 0 Å². The second-order valence-electron chi connectivity index (χ2n) is 23.4. The van der Waals surface area contributed by atoms with Crippen LogP contribution in [-0.4, -0.2) is 15.3 Å². The van der Waals surface area contributed by atoms with E-state index < -0.39 is 7.82 Å². The van der Waals surface area contributed by atoms with E-state index in [1.54, 1.807) is 0 Å². The first-order valence-electron chi connectivity index (χ1n) is 34.0. The zero-order valence-electron chi connectivity index (χ0n) is 56.1. The number of hydrogen-bond acceptors (Lipinski definition) is 7. The normalized spacial score (nSPS) is 10.8. The van der Waals surface area contributed by atoms with Crippen LogP contribution in [0.5, 0.6) is 17.2 Å². The number of aryl methyl sites for hydroxylation is 3. The smallest absolute Gasteiger partial charge is 0.822 e. The van der Waals surface area contributed by atoms with Gasteiger partial charge >= 0.3 is 154 Å². The number of benzene rings is 3. The minimum atomic E-state index is -5.39. The largest absolute Gasteiger partial charge is 1.00 e. The molecule has 3 aromatic carbocycles. The Balaban J connectivity index is -0.000000531. The first-order chi connectivity index (χ1) is 38.9. The number of hydrogen-bond donors (Lipinski definition) is 3. The zero-order valence-corrected chi connectivity index (χ0v) is 66.3. The van der Waals surface area contributed by atoms with Gasteiger partial charge in [0, 0.05) is 0 Å². The van der Waals surface area contributed by atoms with Crippen LogP contribution in [0.15, 0.2) is 54.6 Å². The average Bonchev–Trinajstić information content (AvgIpc) is 3.43. The summed E-state index contributed by atoms with van der Waals surface area (Å²) in [5.74, 6) is 1.56. The number of phosphoric acid groups is 1. The predicted molar refractivity (Wildman–Crippen MR) is 342 cm³/mol. The van der Waals surface area contributed by atoms with Crippen LogP contribution in [0.3, 0.4) is 0 Å². The number of unbranched alkanes of at least 4 members (excludes halogenated alkanes) is 36. The molecule has 0 aliphatic heterocycles.